The summed E-state index contributed by atoms with van der Waals surface area (Å²) in [6.07, 6.45) is 2.56. The van der Waals surface area contributed by atoms with Gasteiger partial charge in [0.15, 0.2) is 0 Å². The molecule has 1 heterocycles. The number of aromatic amines is 1. The number of amides is 1. The lowest BCUT2D eigenvalue weighted by Crippen LogP contribution is -2.38. The molecular formula is C11H18BrN3O. The molecular weight excluding hydrogens is 270 g/mol. The fourth-order valence-corrected chi connectivity index (χ4v) is 1.80. The standard InChI is InChI=1S/C11H18BrN3O/c1-8(2)15(6-4-5-12)11(16)10-7-13-14-9(10)3/h7-8H,4-6H2,1-3H3,(H,13,14). The van der Waals surface area contributed by atoms with E-state index < -0.39 is 0 Å². The summed E-state index contributed by atoms with van der Waals surface area (Å²) in [6.45, 7) is 6.69. The average molecular weight is 288 g/mol. The van der Waals surface area contributed by atoms with Crippen molar-refractivity contribution in [1.82, 2.24) is 15.1 Å². The van der Waals surface area contributed by atoms with Crippen molar-refractivity contribution in [2.24, 2.45) is 0 Å². The third-order valence-corrected chi connectivity index (χ3v) is 3.04. The van der Waals surface area contributed by atoms with E-state index in [2.05, 4.69) is 26.1 Å². The van der Waals surface area contributed by atoms with Crippen molar-refractivity contribution in [3.05, 3.63) is 17.5 Å². The molecule has 0 saturated heterocycles. The first-order chi connectivity index (χ1) is 7.57. The van der Waals surface area contributed by atoms with Gasteiger partial charge in [-0.15, -0.1) is 0 Å². The molecule has 0 unspecified atom stereocenters. The topological polar surface area (TPSA) is 49.0 Å². The van der Waals surface area contributed by atoms with Crippen LogP contribution in [0.2, 0.25) is 0 Å². The number of halogens is 1. The fourth-order valence-electron chi connectivity index (χ4n) is 1.55. The van der Waals surface area contributed by atoms with E-state index in [0.29, 0.717) is 5.56 Å². The third-order valence-electron chi connectivity index (χ3n) is 2.48. The molecule has 0 aliphatic heterocycles. The van der Waals surface area contributed by atoms with Gasteiger partial charge in [0.1, 0.15) is 0 Å². The number of aromatic nitrogens is 2. The first kappa shape index (κ1) is 13.2. The molecule has 1 aromatic heterocycles. The summed E-state index contributed by atoms with van der Waals surface area (Å²) < 4.78 is 0. The molecule has 1 N–H and O–H groups in total. The zero-order valence-electron chi connectivity index (χ0n) is 9.96. The number of nitrogens with one attached hydrogen (secondary N) is 1. The van der Waals surface area contributed by atoms with Gasteiger partial charge in [-0.3, -0.25) is 9.89 Å². The SMILES string of the molecule is Cc1[nH]ncc1C(=O)N(CCCBr)C(C)C. The molecule has 0 radical (unpaired) electrons. The quantitative estimate of drug-likeness (QED) is 0.845. The highest BCUT2D eigenvalue weighted by molar-refractivity contribution is 9.09. The number of carbonyl (C=O) groups excluding carboxylic acids is 1. The maximum atomic E-state index is 12.2. The maximum Gasteiger partial charge on any atom is 0.257 e. The van der Waals surface area contributed by atoms with E-state index in [1.807, 2.05) is 25.7 Å². The minimum Gasteiger partial charge on any atom is -0.336 e. The molecule has 16 heavy (non-hydrogen) atoms. The zero-order chi connectivity index (χ0) is 12.1. The normalized spacial score (nSPS) is 10.8. The number of carbonyl (C=O) groups is 1. The Morgan fingerprint density at radius 1 is 1.62 bits per heavy atom. The van der Waals surface area contributed by atoms with Crippen LogP contribution in [0.5, 0.6) is 0 Å². The summed E-state index contributed by atoms with van der Waals surface area (Å²) in [4.78, 5) is 14.1. The number of rotatable bonds is 5. The smallest absolute Gasteiger partial charge is 0.257 e. The monoisotopic (exact) mass is 287 g/mol. The van der Waals surface area contributed by atoms with Crippen LogP contribution in [-0.2, 0) is 0 Å². The first-order valence-electron chi connectivity index (χ1n) is 5.44. The third kappa shape index (κ3) is 3.07. The van der Waals surface area contributed by atoms with Crippen LogP contribution < -0.4 is 0 Å². The van der Waals surface area contributed by atoms with Crippen molar-refractivity contribution in [1.29, 1.82) is 0 Å². The Labute approximate surface area is 105 Å². The minimum absolute atomic E-state index is 0.0576. The molecule has 0 aliphatic rings. The molecule has 0 fully saturated rings. The molecule has 4 nitrogen and oxygen atoms in total. The lowest BCUT2D eigenvalue weighted by atomic mass is 10.2. The second-order valence-corrected chi connectivity index (χ2v) is 4.84. The van der Waals surface area contributed by atoms with Crippen LogP contribution in [0, 0.1) is 6.92 Å². The average Bonchev–Trinajstić information content (AvgIpc) is 2.64. The predicted molar refractivity (Wildman–Crippen MR) is 67.9 cm³/mol. The van der Waals surface area contributed by atoms with Gasteiger partial charge in [0.2, 0.25) is 0 Å². The van der Waals surface area contributed by atoms with Crippen molar-refractivity contribution in [2.75, 3.05) is 11.9 Å². The van der Waals surface area contributed by atoms with Crippen molar-refractivity contribution in [3.8, 4) is 0 Å². The summed E-state index contributed by atoms with van der Waals surface area (Å²) in [6, 6.07) is 0.209. The van der Waals surface area contributed by atoms with Gasteiger partial charge < -0.3 is 4.90 Å². The fraction of sp³-hybridized carbons (Fsp3) is 0.636. The van der Waals surface area contributed by atoms with E-state index in [-0.39, 0.29) is 11.9 Å². The van der Waals surface area contributed by atoms with Crippen molar-refractivity contribution >= 4 is 21.8 Å². The van der Waals surface area contributed by atoms with Gasteiger partial charge in [0.25, 0.3) is 5.91 Å². The summed E-state index contributed by atoms with van der Waals surface area (Å²) in [5.41, 5.74) is 1.50. The zero-order valence-corrected chi connectivity index (χ0v) is 11.5. The van der Waals surface area contributed by atoms with Gasteiger partial charge in [-0.25, -0.2) is 0 Å². The van der Waals surface area contributed by atoms with Crippen LogP contribution >= 0.6 is 15.9 Å². The van der Waals surface area contributed by atoms with Gasteiger partial charge >= 0.3 is 0 Å². The predicted octanol–water partition coefficient (Wildman–Crippen LogP) is 2.35. The Kier molecular flexibility index (Phi) is 4.99. The van der Waals surface area contributed by atoms with E-state index in [1.165, 1.54) is 0 Å². The number of alkyl halides is 1. The molecule has 0 aliphatic carbocycles. The largest absolute Gasteiger partial charge is 0.336 e. The number of hydrogen-bond acceptors (Lipinski definition) is 2. The molecule has 0 atom stereocenters. The van der Waals surface area contributed by atoms with Crippen molar-refractivity contribution < 1.29 is 4.79 Å². The second kappa shape index (κ2) is 6.03. The number of H-pyrrole nitrogens is 1. The Bertz CT molecular complexity index is 349. The molecule has 1 amide bonds. The highest BCUT2D eigenvalue weighted by Crippen LogP contribution is 2.11. The summed E-state index contributed by atoms with van der Waals surface area (Å²) in [5.74, 6) is 0.0576. The number of nitrogens with zero attached hydrogens (tertiary/aromatic N) is 2. The Morgan fingerprint density at radius 3 is 2.75 bits per heavy atom. The molecule has 0 aromatic carbocycles. The van der Waals surface area contributed by atoms with E-state index in [4.69, 9.17) is 0 Å². The van der Waals surface area contributed by atoms with Crippen LogP contribution in [0.15, 0.2) is 6.20 Å². The molecule has 0 saturated carbocycles. The van der Waals surface area contributed by atoms with E-state index in [9.17, 15) is 4.79 Å². The van der Waals surface area contributed by atoms with Crippen LogP contribution in [0.1, 0.15) is 36.3 Å². The highest BCUT2D eigenvalue weighted by Gasteiger charge is 2.20. The highest BCUT2D eigenvalue weighted by atomic mass is 79.9. The molecule has 1 aromatic rings. The molecule has 0 bridgehead atoms. The lowest BCUT2D eigenvalue weighted by Gasteiger charge is -2.26. The van der Waals surface area contributed by atoms with Gasteiger partial charge in [-0.1, -0.05) is 15.9 Å². The maximum absolute atomic E-state index is 12.2. The molecule has 0 spiro atoms. The van der Waals surface area contributed by atoms with Gasteiger partial charge in [-0.2, -0.15) is 5.10 Å². The molecule has 5 heteroatoms. The Morgan fingerprint density at radius 2 is 2.31 bits per heavy atom. The van der Waals surface area contributed by atoms with E-state index >= 15 is 0 Å². The van der Waals surface area contributed by atoms with Crippen LogP contribution in [-0.4, -0.2) is 38.9 Å². The van der Waals surface area contributed by atoms with E-state index in [0.717, 1.165) is 24.0 Å². The van der Waals surface area contributed by atoms with Gasteiger partial charge in [0.05, 0.1) is 11.8 Å². The number of hydrogen-bond donors (Lipinski definition) is 1. The molecule has 1 rings (SSSR count). The summed E-state index contributed by atoms with van der Waals surface area (Å²) in [5, 5.41) is 7.59. The number of aryl methyl sites for hydroxylation is 1. The van der Waals surface area contributed by atoms with Crippen molar-refractivity contribution in [2.45, 2.75) is 33.2 Å². The van der Waals surface area contributed by atoms with Gasteiger partial charge in [-0.05, 0) is 27.2 Å². The Hall–Kier alpha value is -0.840. The van der Waals surface area contributed by atoms with Crippen LogP contribution in [0.3, 0.4) is 0 Å². The van der Waals surface area contributed by atoms with Gasteiger partial charge in [0, 0.05) is 23.6 Å². The first-order valence-corrected chi connectivity index (χ1v) is 6.57. The summed E-state index contributed by atoms with van der Waals surface area (Å²) in [7, 11) is 0. The summed E-state index contributed by atoms with van der Waals surface area (Å²) >= 11 is 3.38. The minimum atomic E-state index is 0.0576. The van der Waals surface area contributed by atoms with Crippen LogP contribution in [0.25, 0.3) is 0 Å². The van der Waals surface area contributed by atoms with E-state index in [1.54, 1.807) is 6.20 Å². The Balaban J connectivity index is 2.79. The molecule has 90 valence electrons. The van der Waals surface area contributed by atoms with Crippen molar-refractivity contribution in [3.63, 3.8) is 0 Å². The lowest BCUT2D eigenvalue weighted by molar-refractivity contribution is 0.0706. The second-order valence-electron chi connectivity index (χ2n) is 4.04. The van der Waals surface area contributed by atoms with Crippen LogP contribution in [0.4, 0.5) is 0 Å².